The fraction of sp³-hybridized carbons (Fsp3) is 0.500. The molecule has 5 nitrogen and oxygen atoms in total. The number of carbonyl (C=O) groups is 2. The maximum absolute atomic E-state index is 12.1. The number of carbonyl (C=O) groups excluding carboxylic acids is 2. The maximum atomic E-state index is 12.1. The number of hydrogen-bond donors (Lipinski definition) is 3. The van der Waals surface area contributed by atoms with Crippen molar-refractivity contribution in [3.8, 4) is 0 Å². The largest absolute Gasteiger partial charge is 0.347 e. The number of hydrogen-bond acceptors (Lipinski definition) is 3. The van der Waals surface area contributed by atoms with Gasteiger partial charge in [0.05, 0.1) is 0 Å². The summed E-state index contributed by atoms with van der Waals surface area (Å²) >= 11 is 0. The minimum Gasteiger partial charge on any atom is -0.347 e. The molecule has 1 unspecified atom stereocenters. The Kier molecular flexibility index (Phi) is 8.12. The second-order valence-electron chi connectivity index (χ2n) is 6.23. The first-order chi connectivity index (χ1) is 9.73. The minimum atomic E-state index is -0.294. The van der Waals surface area contributed by atoms with E-state index in [1.165, 1.54) is 0 Å². The highest BCUT2D eigenvalue weighted by atomic mass is 35.5. The van der Waals surface area contributed by atoms with Gasteiger partial charge in [0, 0.05) is 29.3 Å². The molecule has 0 aromatic heterocycles. The maximum Gasteiger partial charge on any atom is 0.251 e. The van der Waals surface area contributed by atoms with Crippen LogP contribution in [0, 0.1) is 5.92 Å². The molecule has 0 heterocycles. The molecule has 0 saturated carbocycles. The van der Waals surface area contributed by atoms with Crippen molar-refractivity contribution in [2.75, 3.05) is 18.9 Å². The van der Waals surface area contributed by atoms with Crippen molar-refractivity contribution in [3.05, 3.63) is 29.8 Å². The highest BCUT2D eigenvalue weighted by Crippen LogP contribution is 2.13. The molecule has 0 bridgehead atoms. The third kappa shape index (κ3) is 6.91. The van der Waals surface area contributed by atoms with Gasteiger partial charge in [0.2, 0.25) is 5.91 Å². The Morgan fingerprint density at radius 1 is 1.23 bits per heavy atom. The summed E-state index contributed by atoms with van der Waals surface area (Å²) in [7, 11) is 1.81. The van der Waals surface area contributed by atoms with Crippen molar-refractivity contribution in [2.45, 2.75) is 33.2 Å². The summed E-state index contributed by atoms with van der Waals surface area (Å²) in [5, 5.41) is 8.69. The van der Waals surface area contributed by atoms with Gasteiger partial charge in [-0.25, -0.2) is 0 Å². The molecule has 0 aliphatic rings. The van der Waals surface area contributed by atoms with Crippen molar-refractivity contribution in [1.82, 2.24) is 10.6 Å². The summed E-state index contributed by atoms with van der Waals surface area (Å²) in [5.74, 6) is -0.360. The van der Waals surface area contributed by atoms with Gasteiger partial charge in [-0.15, -0.1) is 12.4 Å². The van der Waals surface area contributed by atoms with E-state index >= 15 is 0 Å². The molecule has 0 radical (unpaired) electrons. The van der Waals surface area contributed by atoms with E-state index in [0.717, 1.165) is 0 Å². The fourth-order valence-corrected chi connectivity index (χ4v) is 1.82. The van der Waals surface area contributed by atoms with Gasteiger partial charge in [-0.3, -0.25) is 9.59 Å². The Hall–Kier alpha value is -1.59. The number of halogens is 1. The van der Waals surface area contributed by atoms with Gasteiger partial charge in [-0.05, 0) is 46.0 Å². The molecule has 1 aromatic rings. The number of rotatable bonds is 5. The van der Waals surface area contributed by atoms with Crippen molar-refractivity contribution >= 4 is 29.9 Å². The van der Waals surface area contributed by atoms with E-state index < -0.39 is 0 Å². The van der Waals surface area contributed by atoms with Gasteiger partial charge in [0.1, 0.15) is 0 Å². The Labute approximate surface area is 138 Å². The quantitative estimate of drug-likeness (QED) is 0.778. The van der Waals surface area contributed by atoms with Crippen LogP contribution < -0.4 is 16.0 Å². The predicted molar refractivity (Wildman–Crippen MR) is 92.6 cm³/mol. The van der Waals surface area contributed by atoms with E-state index in [0.29, 0.717) is 17.8 Å². The summed E-state index contributed by atoms with van der Waals surface area (Å²) in [6.45, 7) is 8.24. The Bertz CT molecular complexity index is 512. The van der Waals surface area contributed by atoms with Crippen LogP contribution in [0.4, 0.5) is 5.69 Å². The van der Waals surface area contributed by atoms with E-state index in [-0.39, 0.29) is 35.7 Å². The molecular formula is C16H26ClN3O2. The number of nitrogens with one attached hydrogen (secondary N) is 3. The number of amides is 2. The van der Waals surface area contributed by atoms with Crippen LogP contribution in [0.1, 0.15) is 38.1 Å². The van der Waals surface area contributed by atoms with Crippen LogP contribution in [0.15, 0.2) is 24.3 Å². The van der Waals surface area contributed by atoms with Crippen LogP contribution in [-0.2, 0) is 4.79 Å². The molecule has 0 fully saturated rings. The lowest BCUT2D eigenvalue weighted by atomic mass is 10.1. The Morgan fingerprint density at radius 2 is 1.86 bits per heavy atom. The molecule has 6 heteroatoms. The van der Waals surface area contributed by atoms with Crippen LogP contribution in [0.25, 0.3) is 0 Å². The molecule has 124 valence electrons. The monoisotopic (exact) mass is 327 g/mol. The van der Waals surface area contributed by atoms with Crippen LogP contribution in [-0.4, -0.2) is 30.9 Å². The molecule has 0 saturated heterocycles. The van der Waals surface area contributed by atoms with E-state index in [1.54, 1.807) is 31.3 Å². The minimum absolute atomic E-state index is 0. The molecule has 1 rings (SSSR count). The van der Waals surface area contributed by atoms with Crippen molar-refractivity contribution in [1.29, 1.82) is 0 Å². The predicted octanol–water partition coefficient (Wildman–Crippen LogP) is 2.43. The average molecular weight is 328 g/mol. The molecule has 22 heavy (non-hydrogen) atoms. The highest BCUT2D eigenvalue weighted by Gasteiger charge is 2.16. The first kappa shape index (κ1) is 20.4. The van der Waals surface area contributed by atoms with Crippen LogP contribution in [0.3, 0.4) is 0 Å². The molecule has 0 aliphatic heterocycles. The molecular weight excluding hydrogens is 302 g/mol. The third-order valence-electron chi connectivity index (χ3n) is 2.84. The molecule has 2 amide bonds. The lowest BCUT2D eigenvalue weighted by molar-refractivity contribution is -0.119. The topological polar surface area (TPSA) is 70.2 Å². The van der Waals surface area contributed by atoms with Gasteiger partial charge < -0.3 is 16.0 Å². The second kappa shape index (κ2) is 8.76. The van der Waals surface area contributed by atoms with Crippen molar-refractivity contribution < 1.29 is 9.59 Å². The average Bonchev–Trinajstić information content (AvgIpc) is 2.37. The fourth-order valence-electron chi connectivity index (χ4n) is 1.82. The van der Waals surface area contributed by atoms with Crippen molar-refractivity contribution in [2.24, 2.45) is 5.92 Å². The normalized spacial score (nSPS) is 12.0. The zero-order chi connectivity index (χ0) is 16.0. The molecule has 3 N–H and O–H groups in total. The smallest absolute Gasteiger partial charge is 0.251 e. The Balaban J connectivity index is 0.00000441. The summed E-state index contributed by atoms with van der Waals surface area (Å²) in [6.07, 6.45) is 0. The third-order valence-corrected chi connectivity index (χ3v) is 2.84. The zero-order valence-electron chi connectivity index (χ0n) is 13.8. The van der Waals surface area contributed by atoms with Crippen LogP contribution in [0.5, 0.6) is 0 Å². The second-order valence-corrected chi connectivity index (χ2v) is 6.23. The van der Waals surface area contributed by atoms with Crippen LogP contribution in [0.2, 0.25) is 0 Å². The van der Waals surface area contributed by atoms with Crippen LogP contribution >= 0.6 is 12.4 Å². The van der Waals surface area contributed by atoms with Crippen molar-refractivity contribution in [3.63, 3.8) is 0 Å². The lowest BCUT2D eigenvalue weighted by Crippen LogP contribution is -2.40. The van der Waals surface area contributed by atoms with Gasteiger partial charge >= 0.3 is 0 Å². The number of anilines is 1. The zero-order valence-corrected chi connectivity index (χ0v) is 14.6. The molecule has 0 spiro atoms. The lowest BCUT2D eigenvalue weighted by Gasteiger charge is -2.20. The first-order valence-electron chi connectivity index (χ1n) is 7.11. The van der Waals surface area contributed by atoms with E-state index in [9.17, 15) is 9.59 Å². The summed E-state index contributed by atoms with van der Waals surface area (Å²) in [5.41, 5.74) is 0.867. The highest BCUT2D eigenvalue weighted by molar-refractivity contribution is 5.97. The summed E-state index contributed by atoms with van der Waals surface area (Å²) in [6, 6.07) is 6.95. The van der Waals surface area contributed by atoms with E-state index in [1.807, 2.05) is 27.7 Å². The standard InChI is InChI=1S/C16H25N3O2.ClH/c1-11(10-17-5)14(20)18-13-8-6-7-12(9-13)15(21)19-16(2,3)4;/h6-9,11,17H,10H2,1-5H3,(H,18,20)(H,19,21);1H. The summed E-state index contributed by atoms with van der Waals surface area (Å²) in [4.78, 5) is 24.1. The molecule has 1 aromatic carbocycles. The van der Waals surface area contributed by atoms with Gasteiger partial charge in [-0.1, -0.05) is 13.0 Å². The van der Waals surface area contributed by atoms with Gasteiger partial charge in [0.25, 0.3) is 5.91 Å². The molecule has 0 aliphatic carbocycles. The number of benzene rings is 1. The van der Waals surface area contributed by atoms with Gasteiger partial charge in [-0.2, -0.15) is 0 Å². The SMILES string of the molecule is CNCC(C)C(=O)Nc1cccc(C(=O)NC(C)(C)C)c1.Cl. The Morgan fingerprint density at radius 3 is 2.41 bits per heavy atom. The van der Waals surface area contributed by atoms with E-state index in [4.69, 9.17) is 0 Å². The summed E-state index contributed by atoms with van der Waals surface area (Å²) < 4.78 is 0. The van der Waals surface area contributed by atoms with E-state index in [2.05, 4.69) is 16.0 Å². The van der Waals surface area contributed by atoms with Gasteiger partial charge in [0.15, 0.2) is 0 Å². The molecule has 1 atom stereocenters. The first-order valence-corrected chi connectivity index (χ1v) is 7.11.